The van der Waals surface area contributed by atoms with Crippen molar-refractivity contribution < 1.29 is 0 Å². The van der Waals surface area contributed by atoms with Crippen LogP contribution in [0.1, 0.15) is 37.8 Å². The lowest BCUT2D eigenvalue weighted by molar-refractivity contribution is 0.385. The molecule has 0 aromatic heterocycles. The molecule has 3 rings (SSSR count). The largest absolute Gasteiger partial charge is 0.310 e. The molecule has 1 fully saturated rings. The van der Waals surface area contributed by atoms with Gasteiger partial charge in [-0.05, 0) is 30.9 Å². The van der Waals surface area contributed by atoms with E-state index in [1.165, 1.54) is 11.1 Å². The summed E-state index contributed by atoms with van der Waals surface area (Å²) < 4.78 is 0. The molecule has 0 aliphatic carbocycles. The van der Waals surface area contributed by atoms with Crippen molar-refractivity contribution in [2.24, 2.45) is 0 Å². The van der Waals surface area contributed by atoms with E-state index in [4.69, 9.17) is 0 Å². The lowest BCUT2D eigenvalue weighted by atomic mass is 9.70. The fourth-order valence-electron chi connectivity index (χ4n) is 3.49. The van der Waals surface area contributed by atoms with E-state index < -0.39 is 0 Å². The lowest BCUT2D eigenvalue weighted by Gasteiger charge is -2.32. The molecule has 1 atom stereocenters. The van der Waals surface area contributed by atoms with Crippen molar-refractivity contribution in [2.75, 3.05) is 6.54 Å². The zero-order valence-corrected chi connectivity index (χ0v) is 12.4. The quantitative estimate of drug-likeness (QED) is 0.879. The van der Waals surface area contributed by atoms with E-state index in [1.807, 2.05) is 0 Å². The number of hydrogen-bond acceptors (Lipinski definition) is 1. The third-order valence-electron chi connectivity index (χ3n) is 4.94. The first-order valence-corrected chi connectivity index (χ1v) is 7.55. The molecular formula is C19H23N. The second kappa shape index (κ2) is 5.06. The fourth-order valence-corrected chi connectivity index (χ4v) is 3.49. The first-order chi connectivity index (χ1) is 9.69. The zero-order chi connectivity index (χ0) is 14.1. The van der Waals surface area contributed by atoms with Gasteiger partial charge in [0, 0.05) is 17.5 Å². The smallest absolute Gasteiger partial charge is 0.0344 e. The van der Waals surface area contributed by atoms with Crippen LogP contribution in [0.25, 0.3) is 0 Å². The molecule has 20 heavy (non-hydrogen) atoms. The summed E-state index contributed by atoms with van der Waals surface area (Å²) in [6.45, 7) is 5.64. The molecule has 1 unspecified atom stereocenters. The molecule has 1 aliphatic rings. The van der Waals surface area contributed by atoms with Crippen molar-refractivity contribution in [3.05, 3.63) is 71.8 Å². The van der Waals surface area contributed by atoms with Crippen LogP contribution >= 0.6 is 0 Å². The molecule has 2 aromatic rings. The van der Waals surface area contributed by atoms with Crippen molar-refractivity contribution in [3.63, 3.8) is 0 Å². The Morgan fingerprint density at radius 1 is 0.900 bits per heavy atom. The normalized spacial score (nSPS) is 24.7. The highest BCUT2D eigenvalue weighted by Gasteiger charge is 2.46. The molecule has 0 spiro atoms. The van der Waals surface area contributed by atoms with Gasteiger partial charge in [-0.1, -0.05) is 67.6 Å². The fraction of sp³-hybridized carbons (Fsp3) is 0.368. The predicted molar refractivity (Wildman–Crippen MR) is 85.0 cm³/mol. The van der Waals surface area contributed by atoms with Gasteiger partial charge in [-0.3, -0.25) is 0 Å². The first kappa shape index (κ1) is 13.4. The van der Waals surface area contributed by atoms with Crippen LogP contribution in [0.15, 0.2) is 60.7 Å². The van der Waals surface area contributed by atoms with E-state index in [0.29, 0.717) is 0 Å². The van der Waals surface area contributed by atoms with Crippen LogP contribution in [0.3, 0.4) is 0 Å². The van der Waals surface area contributed by atoms with E-state index >= 15 is 0 Å². The second-order valence-electron chi connectivity index (χ2n) is 6.26. The van der Waals surface area contributed by atoms with E-state index in [1.54, 1.807) is 0 Å². The Kier molecular flexibility index (Phi) is 3.39. The summed E-state index contributed by atoms with van der Waals surface area (Å²) in [5.41, 5.74) is 3.19. The monoisotopic (exact) mass is 265 g/mol. The molecule has 0 saturated carbocycles. The van der Waals surface area contributed by atoms with Crippen molar-refractivity contribution in [3.8, 4) is 0 Å². The average molecular weight is 265 g/mol. The third-order valence-corrected chi connectivity index (χ3v) is 4.94. The Balaban J connectivity index is 2.11. The minimum atomic E-state index is 0.104. The average Bonchev–Trinajstić information content (AvgIpc) is 2.89. The maximum atomic E-state index is 3.77. The molecule has 0 amide bonds. The van der Waals surface area contributed by atoms with Crippen LogP contribution in [0.4, 0.5) is 0 Å². The summed E-state index contributed by atoms with van der Waals surface area (Å²) in [5.74, 6) is 0. The van der Waals surface area contributed by atoms with E-state index in [0.717, 1.165) is 19.4 Å². The molecular weight excluding hydrogens is 242 g/mol. The van der Waals surface area contributed by atoms with Crippen LogP contribution in [-0.2, 0) is 5.41 Å². The Hall–Kier alpha value is -1.60. The zero-order valence-electron chi connectivity index (χ0n) is 12.4. The van der Waals surface area contributed by atoms with Crippen molar-refractivity contribution in [1.82, 2.24) is 5.32 Å². The Labute approximate surface area is 122 Å². The summed E-state index contributed by atoms with van der Waals surface area (Å²) in [7, 11) is 0. The Morgan fingerprint density at radius 2 is 1.40 bits per heavy atom. The number of rotatable bonds is 3. The summed E-state index contributed by atoms with van der Waals surface area (Å²) in [4.78, 5) is 0. The Morgan fingerprint density at radius 3 is 1.80 bits per heavy atom. The van der Waals surface area contributed by atoms with Gasteiger partial charge in [-0.2, -0.15) is 0 Å². The maximum Gasteiger partial charge on any atom is 0.0344 e. The molecule has 104 valence electrons. The summed E-state index contributed by atoms with van der Waals surface area (Å²) in [6, 6.07) is 21.9. The molecule has 0 radical (unpaired) electrons. The van der Waals surface area contributed by atoms with Crippen molar-refractivity contribution >= 4 is 0 Å². The molecule has 1 heteroatoms. The van der Waals surface area contributed by atoms with Gasteiger partial charge < -0.3 is 5.32 Å². The van der Waals surface area contributed by atoms with Crippen molar-refractivity contribution in [2.45, 2.75) is 37.6 Å². The predicted octanol–water partition coefficient (Wildman–Crippen LogP) is 4.13. The highest BCUT2D eigenvalue weighted by Crippen LogP contribution is 2.44. The van der Waals surface area contributed by atoms with Gasteiger partial charge in [0.1, 0.15) is 0 Å². The molecule has 1 saturated heterocycles. The minimum Gasteiger partial charge on any atom is -0.310 e. The standard InChI is InChI=1S/C19H23N/c1-3-18(2)14-19(15-20-18,16-10-6-4-7-11-16)17-12-8-5-9-13-17/h4-13,20H,3,14-15H2,1-2H3. The highest BCUT2D eigenvalue weighted by molar-refractivity contribution is 5.42. The van der Waals surface area contributed by atoms with E-state index in [-0.39, 0.29) is 11.0 Å². The van der Waals surface area contributed by atoms with Gasteiger partial charge in [0.15, 0.2) is 0 Å². The minimum absolute atomic E-state index is 0.104. The van der Waals surface area contributed by atoms with Crippen LogP contribution < -0.4 is 5.32 Å². The number of benzene rings is 2. The van der Waals surface area contributed by atoms with Gasteiger partial charge >= 0.3 is 0 Å². The summed E-state index contributed by atoms with van der Waals surface area (Å²) in [5, 5.41) is 3.77. The van der Waals surface area contributed by atoms with Crippen LogP contribution in [0.2, 0.25) is 0 Å². The highest BCUT2D eigenvalue weighted by atomic mass is 15.0. The summed E-state index contributed by atoms with van der Waals surface area (Å²) in [6.07, 6.45) is 2.32. The number of nitrogens with one attached hydrogen (secondary N) is 1. The molecule has 1 heterocycles. The molecule has 0 bridgehead atoms. The van der Waals surface area contributed by atoms with E-state index in [2.05, 4.69) is 79.8 Å². The molecule has 2 aromatic carbocycles. The second-order valence-corrected chi connectivity index (χ2v) is 6.26. The maximum absolute atomic E-state index is 3.77. The Bertz CT molecular complexity index is 521. The van der Waals surface area contributed by atoms with Crippen molar-refractivity contribution in [1.29, 1.82) is 0 Å². The van der Waals surface area contributed by atoms with Gasteiger partial charge in [0.2, 0.25) is 0 Å². The van der Waals surface area contributed by atoms with Gasteiger partial charge in [0.05, 0.1) is 0 Å². The first-order valence-electron chi connectivity index (χ1n) is 7.55. The number of hydrogen-bond donors (Lipinski definition) is 1. The summed E-state index contributed by atoms with van der Waals surface area (Å²) >= 11 is 0. The molecule has 1 nitrogen and oxygen atoms in total. The van der Waals surface area contributed by atoms with Crippen LogP contribution in [-0.4, -0.2) is 12.1 Å². The molecule has 1 N–H and O–H groups in total. The van der Waals surface area contributed by atoms with Gasteiger partial charge in [-0.25, -0.2) is 0 Å². The molecule has 1 aliphatic heterocycles. The van der Waals surface area contributed by atoms with Gasteiger partial charge in [0.25, 0.3) is 0 Å². The van der Waals surface area contributed by atoms with Gasteiger partial charge in [-0.15, -0.1) is 0 Å². The topological polar surface area (TPSA) is 12.0 Å². The van der Waals surface area contributed by atoms with Crippen LogP contribution in [0, 0.1) is 0 Å². The third kappa shape index (κ3) is 2.16. The van der Waals surface area contributed by atoms with Crippen LogP contribution in [0.5, 0.6) is 0 Å². The SMILES string of the molecule is CCC1(C)CC(c2ccccc2)(c2ccccc2)CN1. The lowest BCUT2D eigenvalue weighted by Crippen LogP contribution is -2.34. The van der Waals surface area contributed by atoms with E-state index in [9.17, 15) is 0 Å².